The monoisotopic (exact) mass is 389 g/mol. The first-order chi connectivity index (χ1) is 13.4. The summed E-state index contributed by atoms with van der Waals surface area (Å²) in [6.45, 7) is 9.63. The van der Waals surface area contributed by atoms with Crippen LogP contribution in [0.2, 0.25) is 0 Å². The third-order valence-electron chi connectivity index (χ3n) is 5.18. The molecule has 3 atom stereocenters. The van der Waals surface area contributed by atoms with E-state index in [1.165, 1.54) is 5.56 Å². The second-order valence-corrected chi connectivity index (χ2v) is 8.39. The molecule has 2 rings (SSSR count). The molecule has 1 aliphatic heterocycles. The summed E-state index contributed by atoms with van der Waals surface area (Å²) >= 11 is 0. The third-order valence-corrected chi connectivity index (χ3v) is 5.18. The highest BCUT2D eigenvalue weighted by atomic mass is 16.7. The molecule has 0 saturated carbocycles. The quantitative estimate of drug-likeness (QED) is 0.676. The molecule has 1 aromatic carbocycles. The van der Waals surface area contributed by atoms with Crippen LogP contribution in [0.1, 0.15) is 46.1 Å². The normalized spacial score (nSPS) is 22.3. The number of aliphatic hydroxyl groups is 1. The predicted octanol–water partition coefficient (Wildman–Crippen LogP) is 3.67. The Labute approximate surface area is 169 Å². The van der Waals surface area contributed by atoms with Gasteiger partial charge in [-0.05, 0) is 49.2 Å². The first kappa shape index (κ1) is 22.4. The van der Waals surface area contributed by atoms with E-state index in [0.717, 1.165) is 12.8 Å². The highest BCUT2D eigenvalue weighted by Gasteiger charge is 2.42. The summed E-state index contributed by atoms with van der Waals surface area (Å²) in [5.74, 6) is 0.370. The van der Waals surface area contributed by atoms with Gasteiger partial charge in [-0.2, -0.15) is 0 Å². The van der Waals surface area contributed by atoms with Crippen molar-refractivity contribution in [1.82, 2.24) is 5.32 Å². The van der Waals surface area contributed by atoms with E-state index in [4.69, 9.17) is 9.47 Å². The molecule has 0 bridgehead atoms. The first-order valence-electron chi connectivity index (χ1n) is 10.3. The molecule has 1 heterocycles. The van der Waals surface area contributed by atoms with Crippen molar-refractivity contribution in [2.75, 3.05) is 19.8 Å². The molecule has 156 valence electrons. The van der Waals surface area contributed by atoms with Crippen LogP contribution < -0.4 is 5.32 Å². The highest BCUT2D eigenvalue weighted by Crippen LogP contribution is 2.42. The molecule has 0 unspecified atom stereocenters. The Hall–Kier alpha value is -1.85. The number of aliphatic hydroxyl groups excluding tert-OH is 1. The lowest BCUT2D eigenvalue weighted by Crippen LogP contribution is -2.43. The second kappa shape index (κ2) is 10.6. The Morgan fingerprint density at radius 1 is 1.25 bits per heavy atom. The summed E-state index contributed by atoms with van der Waals surface area (Å²) in [6, 6.07) is 10.1. The standard InChI is InChI=1S/C23H35NO4/c1-5-27-22-18(12-9-15-25)19(23(2,3)4)16-20(28-22)21(26)24-14-13-17-10-7-6-8-11-17/h6-8,10-11,16,18-19,22,25H,5,9,12-15H2,1-4H3,(H,24,26)/t18-,19+,22-/m0/s1. The lowest BCUT2D eigenvalue weighted by Gasteiger charge is -2.42. The SMILES string of the molecule is CCO[C@H]1OC(C(=O)NCCc2ccccc2)=C[C@@H](C(C)(C)C)[C@@H]1CCCO. The van der Waals surface area contributed by atoms with E-state index in [0.29, 0.717) is 25.3 Å². The number of amides is 1. The predicted molar refractivity (Wildman–Crippen MR) is 110 cm³/mol. The van der Waals surface area contributed by atoms with Gasteiger partial charge in [0.1, 0.15) is 0 Å². The maximum Gasteiger partial charge on any atom is 0.286 e. The van der Waals surface area contributed by atoms with Crippen LogP contribution in [-0.2, 0) is 20.7 Å². The molecule has 0 fully saturated rings. The van der Waals surface area contributed by atoms with Crippen molar-refractivity contribution in [2.45, 2.75) is 53.2 Å². The van der Waals surface area contributed by atoms with Crippen LogP contribution in [0.4, 0.5) is 0 Å². The Kier molecular flexibility index (Phi) is 8.52. The molecule has 2 N–H and O–H groups in total. The minimum absolute atomic E-state index is 0.0468. The van der Waals surface area contributed by atoms with Crippen molar-refractivity contribution in [3.05, 3.63) is 47.7 Å². The largest absolute Gasteiger partial charge is 0.459 e. The zero-order valence-corrected chi connectivity index (χ0v) is 17.6. The maximum absolute atomic E-state index is 12.7. The summed E-state index contributed by atoms with van der Waals surface area (Å²) in [4.78, 5) is 12.7. The highest BCUT2D eigenvalue weighted by molar-refractivity contribution is 5.91. The van der Waals surface area contributed by atoms with Gasteiger partial charge in [0.25, 0.3) is 5.91 Å². The van der Waals surface area contributed by atoms with Crippen LogP contribution in [0.5, 0.6) is 0 Å². The van der Waals surface area contributed by atoms with Crippen LogP contribution >= 0.6 is 0 Å². The molecule has 1 aliphatic rings. The van der Waals surface area contributed by atoms with Gasteiger partial charge in [-0.15, -0.1) is 0 Å². The van der Waals surface area contributed by atoms with Crippen molar-refractivity contribution < 1.29 is 19.4 Å². The van der Waals surface area contributed by atoms with E-state index in [1.807, 2.05) is 31.2 Å². The summed E-state index contributed by atoms with van der Waals surface area (Å²) in [7, 11) is 0. The molecular weight excluding hydrogens is 354 g/mol. The van der Waals surface area contributed by atoms with Gasteiger partial charge in [-0.25, -0.2) is 0 Å². The van der Waals surface area contributed by atoms with Crippen molar-refractivity contribution in [3.8, 4) is 0 Å². The second-order valence-electron chi connectivity index (χ2n) is 8.39. The van der Waals surface area contributed by atoms with Crippen LogP contribution in [0.15, 0.2) is 42.2 Å². The fourth-order valence-corrected chi connectivity index (χ4v) is 3.75. The van der Waals surface area contributed by atoms with Gasteiger partial charge in [0, 0.05) is 25.7 Å². The fraction of sp³-hybridized carbons (Fsp3) is 0.609. The number of nitrogens with one attached hydrogen (secondary N) is 1. The number of hydrogen-bond acceptors (Lipinski definition) is 4. The average molecular weight is 390 g/mol. The smallest absolute Gasteiger partial charge is 0.286 e. The van der Waals surface area contributed by atoms with Crippen LogP contribution in [0.3, 0.4) is 0 Å². The third kappa shape index (κ3) is 6.35. The van der Waals surface area contributed by atoms with E-state index >= 15 is 0 Å². The molecule has 0 aliphatic carbocycles. The minimum Gasteiger partial charge on any atom is -0.459 e. The van der Waals surface area contributed by atoms with E-state index in [-0.39, 0.29) is 29.8 Å². The zero-order valence-electron chi connectivity index (χ0n) is 17.6. The fourth-order valence-electron chi connectivity index (χ4n) is 3.75. The number of carbonyl (C=O) groups is 1. The van der Waals surface area contributed by atoms with Crippen molar-refractivity contribution in [1.29, 1.82) is 0 Å². The molecule has 5 nitrogen and oxygen atoms in total. The molecular formula is C23H35NO4. The molecule has 0 spiro atoms. The molecule has 1 amide bonds. The summed E-state index contributed by atoms with van der Waals surface area (Å²) < 4.78 is 11.8. The maximum atomic E-state index is 12.7. The molecule has 28 heavy (non-hydrogen) atoms. The van der Waals surface area contributed by atoms with Crippen LogP contribution in [0, 0.1) is 17.3 Å². The Morgan fingerprint density at radius 3 is 2.57 bits per heavy atom. The molecule has 0 saturated heterocycles. The van der Waals surface area contributed by atoms with Crippen molar-refractivity contribution in [2.24, 2.45) is 17.3 Å². The molecule has 0 aromatic heterocycles. The number of ether oxygens (including phenoxy) is 2. The Balaban J connectivity index is 2.10. The average Bonchev–Trinajstić information content (AvgIpc) is 2.66. The van der Waals surface area contributed by atoms with Gasteiger partial charge >= 0.3 is 0 Å². The number of benzene rings is 1. The minimum atomic E-state index is -0.472. The van der Waals surface area contributed by atoms with E-state index in [9.17, 15) is 9.90 Å². The van der Waals surface area contributed by atoms with E-state index in [2.05, 4.69) is 38.2 Å². The summed E-state index contributed by atoms with van der Waals surface area (Å²) in [6.07, 6.45) is 3.74. The van der Waals surface area contributed by atoms with Gasteiger partial charge in [0.2, 0.25) is 6.29 Å². The van der Waals surface area contributed by atoms with E-state index < -0.39 is 6.29 Å². The Morgan fingerprint density at radius 2 is 1.96 bits per heavy atom. The lowest BCUT2D eigenvalue weighted by molar-refractivity contribution is -0.179. The molecule has 1 aromatic rings. The number of carbonyl (C=O) groups excluding carboxylic acids is 1. The topological polar surface area (TPSA) is 67.8 Å². The zero-order chi connectivity index (χ0) is 20.6. The van der Waals surface area contributed by atoms with Gasteiger partial charge < -0.3 is 19.9 Å². The van der Waals surface area contributed by atoms with Gasteiger partial charge in [0.15, 0.2) is 5.76 Å². The van der Waals surface area contributed by atoms with E-state index in [1.54, 1.807) is 0 Å². The van der Waals surface area contributed by atoms with Crippen molar-refractivity contribution >= 4 is 5.91 Å². The first-order valence-corrected chi connectivity index (χ1v) is 10.3. The summed E-state index contributed by atoms with van der Waals surface area (Å²) in [5.41, 5.74) is 1.14. The molecule has 0 radical (unpaired) electrons. The van der Waals surface area contributed by atoms with Crippen molar-refractivity contribution in [3.63, 3.8) is 0 Å². The number of hydrogen-bond donors (Lipinski definition) is 2. The molecule has 5 heteroatoms. The summed E-state index contributed by atoms with van der Waals surface area (Å²) in [5, 5.41) is 12.2. The lowest BCUT2D eigenvalue weighted by atomic mass is 9.70. The van der Waals surface area contributed by atoms with Gasteiger partial charge in [0.05, 0.1) is 0 Å². The van der Waals surface area contributed by atoms with Crippen LogP contribution in [-0.4, -0.2) is 37.1 Å². The Bertz CT molecular complexity index is 636. The number of rotatable bonds is 9. The van der Waals surface area contributed by atoms with Gasteiger partial charge in [-0.3, -0.25) is 4.79 Å². The van der Waals surface area contributed by atoms with Gasteiger partial charge in [-0.1, -0.05) is 51.1 Å². The van der Waals surface area contributed by atoms with Crippen LogP contribution in [0.25, 0.3) is 0 Å². The number of allylic oxidation sites excluding steroid dienone is 1.